The summed E-state index contributed by atoms with van der Waals surface area (Å²) in [4.78, 5) is 20.9. The topological polar surface area (TPSA) is 137 Å². The Morgan fingerprint density at radius 2 is 2.06 bits per heavy atom. The number of pyridine rings is 1. The van der Waals surface area contributed by atoms with Crippen LogP contribution in [-0.2, 0) is 27.7 Å². The summed E-state index contributed by atoms with van der Waals surface area (Å²) < 4.78 is 43.4. The Labute approximate surface area is 196 Å². The number of furan rings is 1. The number of rotatable bonds is 10. The smallest absolute Gasteiger partial charge is 0.338 e. The highest BCUT2D eigenvalue weighted by atomic mass is 32.2. The number of nitrogens with zero attached hydrogens (tertiary/aromatic N) is 3. The number of ether oxygens (including phenoxy) is 1. The molecule has 34 heavy (non-hydrogen) atoms. The molecule has 11 heteroatoms. The van der Waals surface area contributed by atoms with Crippen LogP contribution in [0, 0.1) is 6.92 Å². The molecule has 10 nitrogen and oxygen atoms in total. The van der Waals surface area contributed by atoms with Crippen LogP contribution < -0.4 is 4.72 Å². The van der Waals surface area contributed by atoms with Gasteiger partial charge in [-0.05, 0) is 55.3 Å². The van der Waals surface area contributed by atoms with Crippen molar-refractivity contribution in [3.8, 4) is 11.4 Å². The first-order valence-corrected chi connectivity index (χ1v) is 11.9. The molecule has 0 radical (unpaired) electrons. The van der Waals surface area contributed by atoms with Gasteiger partial charge in [0, 0.05) is 24.4 Å². The molecule has 3 heterocycles. The molecular weight excluding hydrogens is 460 g/mol. The van der Waals surface area contributed by atoms with Crippen LogP contribution in [-0.4, -0.2) is 36.1 Å². The van der Waals surface area contributed by atoms with Crippen molar-refractivity contribution in [2.75, 3.05) is 6.61 Å². The second-order valence-electron chi connectivity index (χ2n) is 7.37. The Balaban J connectivity index is 1.32. The van der Waals surface area contributed by atoms with E-state index >= 15 is 0 Å². The van der Waals surface area contributed by atoms with Gasteiger partial charge >= 0.3 is 5.97 Å². The fourth-order valence-electron chi connectivity index (χ4n) is 3.09. The summed E-state index contributed by atoms with van der Waals surface area (Å²) in [5.74, 6) is 0.725. The molecule has 1 aromatic carbocycles. The number of aromatic nitrogens is 3. The van der Waals surface area contributed by atoms with Crippen molar-refractivity contribution < 1.29 is 26.9 Å². The minimum absolute atomic E-state index is 0.00115. The number of sulfonamides is 1. The maximum Gasteiger partial charge on any atom is 0.338 e. The van der Waals surface area contributed by atoms with E-state index in [1.54, 1.807) is 43.6 Å². The van der Waals surface area contributed by atoms with Crippen molar-refractivity contribution in [3.63, 3.8) is 0 Å². The fourth-order valence-corrected chi connectivity index (χ4v) is 4.10. The highest BCUT2D eigenvalue weighted by Gasteiger charge is 2.19. The first kappa shape index (κ1) is 23.3. The Morgan fingerprint density at radius 3 is 2.82 bits per heavy atom. The van der Waals surface area contributed by atoms with Crippen molar-refractivity contribution in [1.29, 1.82) is 0 Å². The number of carbonyl (C=O) groups is 1. The van der Waals surface area contributed by atoms with Gasteiger partial charge < -0.3 is 13.7 Å². The summed E-state index contributed by atoms with van der Waals surface area (Å²) in [6, 6.07) is 11.2. The zero-order chi connectivity index (χ0) is 24.0. The van der Waals surface area contributed by atoms with E-state index < -0.39 is 16.0 Å². The number of nitrogens with one attached hydrogen (secondary N) is 1. The van der Waals surface area contributed by atoms with Crippen molar-refractivity contribution in [1.82, 2.24) is 19.8 Å². The Morgan fingerprint density at radius 1 is 1.18 bits per heavy atom. The van der Waals surface area contributed by atoms with Gasteiger partial charge in [-0.3, -0.25) is 4.98 Å². The van der Waals surface area contributed by atoms with Gasteiger partial charge in [-0.1, -0.05) is 11.2 Å². The molecule has 0 fully saturated rings. The van der Waals surface area contributed by atoms with E-state index in [9.17, 15) is 13.2 Å². The van der Waals surface area contributed by atoms with Crippen molar-refractivity contribution in [2.24, 2.45) is 0 Å². The lowest BCUT2D eigenvalue weighted by molar-refractivity contribution is 0.0497. The van der Waals surface area contributed by atoms with Crippen LogP contribution >= 0.6 is 0 Å². The summed E-state index contributed by atoms with van der Waals surface area (Å²) in [6.45, 7) is 1.82. The zero-order valence-electron chi connectivity index (χ0n) is 18.3. The summed E-state index contributed by atoms with van der Waals surface area (Å²) in [7, 11) is -3.84. The lowest BCUT2D eigenvalue weighted by Gasteiger charge is -2.10. The van der Waals surface area contributed by atoms with E-state index in [0.29, 0.717) is 35.9 Å². The quantitative estimate of drug-likeness (QED) is 0.266. The molecule has 0 bridgehead atoms. The molecule has 176 valence electrons. The first-order chi connectivity index (χ1) is 16.4. The number of carbonyl (C=O) groups excluding carboxylic acids is 1. The highest BCUT2D eigenvalue weighted by molar-refractivity contribution is 7.89. The molecular formula is C23H22N4O6S. The number of hydrogen-bond donors (Lipinski definition) is 1. The third-order valence-corrected chi connectivity index (χ3v) is 6.31. The SMILES string of the molecule is Cc1ccc(S(=O)(=O)NCc2ccco2)cc1C(=O)OCCCc1nc(-c2cccnc2)no1. The van der Waals surface area contributed by atoms with Gasteiger partial charge in [0.25, 0.3) is 0 Å². The number of aryl methyl sites for hydroxylation is 2. The van der Waals surface area contributed by atoms with E-state index in [2.05, 4.69) is 19.8 Å². The molecule has 0 amide bonds. The molecule has 0 aliphatic rings. The lowest BCUT2D eigenvalue weighted by Crippen LogP contribution is -2.23. The lowest BCUT2D eigenvalue weighted by atomic mass is 10.1. The summed E-state index contributed by atoms with van der Waals surface area (Å²) >= 11 is 0. The highest BCUT2D eigenvalue weighted by Crippen LogP contribution is 2.18. The van der Waals surface area contributed by atoms with Gasteiger partial charge in [0.1, 0.15) is 5.76 Å². The second kappa shape index (κ2) is 10.4. The number of esters is 1. The molecule has 0 aliphatic carbocycles. The van der Waals surface area contributed by atoms with E-state index in [0.717, 1.165) is 5.56 Å². The largest absolute Gasteiger partial charge is 0.468 e. The molecule has 1 N–H and O–H groups in total. The van der Waals surface area contributed by atoms with Gasteiger partial charge in [-0.25, -0.2) is 17.9 Å². The number of benzene rings is 1. The molecule has 0 saturated carbocycles. The number of hydrogen-bond acceptors (Lipinski definition) is 9. The molecule has 0 unspecified atom stereocenters. The van der Waals surface area contributed by atoms with Crippen molar-refractivity contribution in [2.45, 2.75) is 31.2 Å². The average molecular weight is 483 g/mol. The first-order valence-electron chi connectivity index (χ1n) is 10.5. The van der Waals surface area contributed by atoms with E-state index in [-0.39, 0.29) is 23.6 Å². The normalized spacial score (nSPS) is 11.4. The zero-order valence-corrected chi connectivity index (χ0v) is 19.1. The molecule has 3 aromatic heterocycles. The standard InChI is InChI=1S/C23H22N4O6S/c1-16-8-9-19(34(29,30)25-15-18-6-3-11-31-18)13-20(16)23(28)32-12-4-7-21-26-22(27-33-21)17-5-2-10-24-14-17/h2-3,5-6,8-11,13-14,25H,4,7,12,15H2,1H3. The van der Waals surface area contributed by atoms with Gasteiger partial charge in [-0.15, -0.1) is 0 Å². The predicted molar refractivity (Wildman–Crippen MR) is 120 cm³/mol. The molecule has 4 rings (SSSR count). The van der Waals surface area contributed by atoms with Gasteiger partial charge in [0.15, 0.2) is 0 Å². The third kappa shape index (κ3) is 5.74. The molecule has 4 aromatic rings. The van der Waals surface area contributed by atoms with Gasteiger partial charge in [-0.2, -0.15) is 4.98 Å². The summed E-state index contributed by atoms with van der Waals surface area (Å²) in [5, 5.41) is 3.92. The van der Waals surface area contributed by atoms with Crippen LogP contribution in [0.1, 0.15) is 34.0 Å². The monoisotopic (exact) mass is 482 g/mol. The molecule has 0 aliphatic heterocycles. The molecule has 0 atom stereocenters. The van der Waals surface area contributed by atoms with E-state index in [4.69, 9.17) is 13.7 Å². The van der Waals surface area contributed by atoms with E-state index in [1.165, 1.54) is 18.4 Å². The van der Waals surface area contributed by atoms with Gasteiger partial charge in [0.05, 0.1) is 29.9 Å². The van der Waals surface area contributed by atoms with E-state index in [1.807, 2.05) is 6.07 Å². The average Bonchev–Trinajstić information content (AvgIpc) is 3.53. The minimum atomic E-state index is -3.84. The van der Waals surface area contributed by atoms with Crippen LogP contribution in [0.2, 0.25) is 0 Å². The third-order valence-electron chi connectivity index (χ3n) is 4.91. The van der Waals surface area contributed by atoms with Crippen LogP contribution in [0.15, 0.2) is 75.0 Å². The summed E-state index contributed by atoms with van der Waals surface area (Å²) in [6.07, 6.45) is 5.64. The maximum absolute atomic E-state index is 12.6. The second-order valence-corrected chi connectivity index (χ2v) is 9.14. The predicted octanol–water partition coefficient (Wildman–Crippen LogP) is 3.30. The Hall–Kier alpha value is -3.83. The maximum atomic E-state index is 12.6. The van der Waals surface area contributed by atoms with Crippen molar-refractivity contribution >= 4 is 16.0 Å². The Bertz CT molecular complexity index is 1350. The molecule has 0 spiro atoms. The fraction of sp³-hybridized carbons (Fsp3) is 0.217. The summed E-state index contributed by atoms with van der Waals surface area (Å²) in [5.41, 5.74) is 1.53. The van der Waals surface area contributed by atoms with Crippen LogP contribution in [0.4, 0.5) is 0 Å². The van der Waals surface area contributed by atoms with Crippen LogP contribution in [0.25, 0.3) is 11.4 Å². The van der Waals surface area contributed by atoms with Crippen molar-refractivity contribution in [3.05, 3.63) is 83.9 Å². The van der Waals surface area contributed by atoms with Crippen LogP contribution in [0.5, 0.6) is 0 Å². The van der Waals surface area contributed by atoms with Crippen LogP contribution in [0.3, 0.4) is 0 Å². The Kier molecular flexibility index (Phi) is 7.14. The van der Waals surface area contributed by atoms with Gasteiger partial charge in [0.2, 0.25) is 21.7 Å². The molecule has 0 saturated heterocycles. The minimum Gasteiger partial charge on any atom is -0.468 e.